The molecule has 0 fully saturated rings. The Morgan fingerprint density at radius 3 is 2.00 bits per heavy atom. The zero-order chi connectivity index (χ0) is 12.2. The molecule has 0 unspecified atom stereocenters. The lowest BCUT2D eigenvalue weighted by molar-refractivity contribution is -1.92. The highest BCUT2D eigenvalue weighted by Crippen LogP contribution is 2.19. The fourth-order valence-electron chi connectivity index (χ4n) is 1.25. The van der Waals surface area contributed by atoms with E-state index in [4.69, 9.17) is 24.4 Å². The summed E-state index contributed by atoms with van der Waals surface area (Å²) in [6.45, 7) is 0. The van der Waals surface area contributed by atoms with E-state index in [2.05, 4.69) is 12.1 Å². The van der Waals surface area contributed by atoms with Gasteiger partial charge in [-0.05, 0) is 11.5 Å². The van der Waals surface area contributed by atoms with E-state index in [1.54, 1.807) is 0 Å². The molecule has 0 aliphatic heterocycles. The molecule has 86 valence electrons. The van der Waals surface area contributed by atoms with Gasteiger partial charge in [-0.2, -0.15) is 14.0 Å². The van der Waals surface area contributed by atoms with Crippen LogP contribution in [-0.4, -0.2) is 4.66 Å². The van der Waals surface area contributed by atoms with Gasteiger partial charge in [-0.15, -0.1) is 0 Å². The van der Waals surface area contributed by atoms with Crippen LogP contribution >= 0.6 is 0 Å². The Bertz CT molecular complexity index is 458. The third-order valence-electron chi connectivity index (χ3n) is 1.82. The average Bonchev–Trinajstić information content (AvgIpc) is 2.16. The van der Waals surface area contributed by atoms with Crippen molar-refractivity contribution in [3.63, 3.8) is 0 Å². The highest BCUT2D eigenvalue weighted by Gasteiger charge is 1.98. The summed E-state index contributed by atoms with van der Waals surface area (Å²) in [4.78, 5) is 0. The Labute approximate surface area is 94.1 Å². The van der Waals surface area contributed by atoms with E-state index < -0.39 is 10.2 Å². The largest absolute Gasteiger partial charge is 0.398 e. The van der Waals surface area contributed by atoms with Crippen LogP contribution in [0.15, 0.2) is 42.5 Å². The van der Waals surface area contributed by atoms with Crippen LogP contribution in [-0.2, 0) is 0 Å². The van der Waals surface area contributed by atoms with Crippen molar-refractivity contribution in [2.45, 2.75) is 0 Å². The Morgan fingerprint density at radius 1 is 0.938 bits per heavy atom. The third kappa shape index (κ3) is 4.43. The van der Waals surface area contributed by atoms with Crippen molar-refractivity contribution in [1.29, 1.82) is 0 Å². The van der Waals surface area contributed by atoms with Crippen molar-refractivity contribution in [1.82, 2.24) is 0 Å². The second-order valence-corrected chi connectivity index (χ2v) is 3.76. The van der Waals surface area contributed by atoms with Gasteiger partial charge in [0.1, 0.15) is 0 Å². The first-order valence-corrected chi connectivity index (χ1v) is 5.51. The maximum Gasteiger partial charge on any atom is 0.0777 e. The molecule has 0 radical (unpaired) electrons. The first kappa shape index (κ1) is 12.7. The van der Waals surface area contributed by atoms with Crippen LogP contribution in [0.4, 0.5) is 5.69 Å². The van der Waals surface area contributed by atoms with Crippen LogP contribution in [0.2, 0.25) is 0 Å². The van der Waals surface area contributed by atoms with E-state index in [0.29, 0.717) is 0 Å². The fraction of sp³-hybridized carbons (Fsp3) is 0. The fourth-order valence-corrected chi connectivity index (χ4v) is 1.25. The molecule has 0 aliphatic rings. The van der Waals surface area contributed by atoms with Crippen molar-refractivity contribution in [3.05, 3.63) is 42.5 Å². The second kappa shape index (κ2) is 5.11. The highest BCUT2D eigenvalue weighted by molar-refractivity contribution is 5.92. The minimum Gasteiger partial charge on any atom is -0.398 e. The number of hydrogen-bond acceptors (Lipinski definition) is 5. The van der Waals surface area contributed by atoms with E-state index in [1.165, 1.54) is 5.39 Å². The molecule has 0 atom stereocenters. The summed E-state index contributed by atoms with van der Waals surface area (Å²) in [5, 5.41) is 2.34. The van der Waals surface area contributed by atoms with Crippen LogP contribution < -0.4 is 19.7 Å². The van der Waals surface area contributed by atoms with Gasteiger partial charge in [0.2, 0.25) is 0 Å². The molecule has 2 rings (SSSR count). The van der Waals surface area contributed by atoms with Gasteiger partial charge in [-0.25, -0.2) is 0 Å². The van der Waals surface area contributed by atoms with Crippen LogP contribution in [0.25, 0.3) is 10.8 Å². The Morgan fingerprint density at radius 2 is 1.44 bits per heavy atom. The summed E-state index contributed by atoms with van der Waals surface area (Å²) in [5.41, 5.74) is 6.61. The summed E-state index contributed by atoms with van der Waals surface area (Å²) in [6, 6.07) is 14.1. The minimum atomic E-state index is -4.69. The molecule has 0 saturated carbocycles. The van der Waals surface area contributed by atoms with E-state index in [-0.39, 0.29) is 0 Å². The average molecular weight is 244 g/mol. The SMILES string of the molecule is Nc1cccc2ccccc12.[O-][Cl+3]([O-])([O-])O. The van der Waals surface area contributed by atoms with Crippen molar-refractivity contribution < 1.29 is 28.9 Å². The summed E-state index contributed by atoms with van der Waals surface area (Å²) in [6.07, 6.45) is 0. The minimum absolute atomic E-state index is 0.850. The lowest BCUT2D eigenvalue weighted by Crippen LogP contribution is -2.58. The molecule has 2 aromatic carbocycles. The number of benzene rings is 2. The molecule has 0 aliphatic carbocycles. The molecule has 16 heavy (non-hydrogen) atoms. The highest BCUT2D eigenvalue weighted by atomic mass is 35.7. The molecule has 2 aromatic rings. The van der Waals surface area contributed by atoms with Gasteiger partial charge in [-0.3, -0.25) is 0 Å². The van der Waals surface area contributed by atoms with Crippen LogP contribution in [0, 0.1) is 10.2 Å². The number of hydrogen-bond donors (Lipinski definition) is 2. The van der Waals surface area contributed by atoms with Crippen molar-refractivity contribution in [3.8, 4) is 0 Å². The Kier molecular flexibility index (Phi) is 4.05. The van der Waals surface area contributed by atoms with E-state index in [1.807, 2.05) is 30.3 Å². The summed E-state index contributed by atoms with van der Waals surface area (Å²) < 4.78 is 32.7. The van der Waals surface area contributed by atoms with Crippen LogP contribution in [0.5, 0.6) is 0 Å². The Hall–Kier alpha value is -1.37. The topological polar surface area (TPSA) is 115 Å². The maximum absolute atomic E-state index is 8.60. The number of fused-ring (bicyclic) bond motifs is 1. The van der Waals surface area contributed by atoms with Gasteiger partial charge in [0, 0.05) is 11.1 Å². The van der Waals surface area contributed by atoms with Crippen LogP contribution in [0.1, 0.15) is 0 Å². The molecule has 3 N–H and O–H groups in total. The molecule has 0 spiro atoms. The first-order valence-electron chi connectivity index (χ1n) is 4.24. The monoisotopic (exact) mass is 243 g/mol. The molecular formula is C10H10ClNO4. The second-order valence-electron chi connectivity index (χ2n) is 2.96. The predicted octanol–water partition coefficient (Wildman–Crippen LogP) is -1.70. The van der Waals surface area contributed by atoms with Gasteiger partial charge in [0.25, 0.3) is 0 Å². The van der Waals surface area contributed by atoms with Crippen molar-refractivity contribution in [2.75, 3.05) is 5.73 Å². The molecular weight excluding hydrogens is 234 g/mol. The lowest BCUT2D eigenvalue weighted by Gasteiger charge is -2.03. The van der Waals surface area contributed by atoms with E-state index in [9.17, 15) is 0 Å². The smallest absolute Gasteiger partial charge is 0.0777 e. The van der Waals surface area contributed by atoms with Crippen molar-refractivity contribution >= 4 is 16.5 Å². The molecule has 5 nitrogen and oxygen atoms in total. The Balaban J connectivity index is 0.000000221. The molecule has 0 aromatic heterocycles. The van der Waals surface area contributed by atoms with Gasteiger partial charge in [0.05, 0.1) is 14.9 Å². The van der Waals surface area contributed by atoms with E-state index in [0.717, 1.165) is 11.1 Å². The summed E-state index contributed by atoms with van der Waals surface area (Å²) in [7, 11) is -4.69. The number of anilines is 1. The van der Waals surface area contributed by atoms with Gasteiger partial charge in [0.15, 0.2) is 0 Å². The predicted molar refractivity (Wildman–Crippen MR) is 50.6 cm³/mol. The molecule has 0 amide bonds. The number of halogens is 1. The third-order valence-corrected chi connectivity index (χ3v) is 1.82. The zero-order valence-corrected chi connectivity index (χ0v) is 8.92. The van der Waals surface area contributed by atoms with Gasteiger partial charge in [-0.1, -0.05) is 36.4 Å². The zero-order valence-electron chi connectivity index (χ0n) is 8.17. The van der Waals surface area contributed by atoms with Crippen molar-refractivity contribution in [2.24, 2.45) is 0 Å². The van der Waals surface area contributed by atoms with Crippen LogP contribution in [0.3, 0.4) is 0 Å². The number of nitrogens with two attached hydrogens (primary N) is 1. The number of rotatable bonds is 0. The van der Waals surface area contributed by atoms with E-state index >= 15 is 0 Å². The lowest BCUT2D eigenvalue weighted by atomic mass is 10.1. The summed E-state index contributed by atoms with van der Waals surface area (Å²) >= 11 is 0. The van der Waals surface area contributed by atoms with Gasteiger partial charge < -0.3 is 5.73 Å². The first-order chi connectivity index (χ1) is 7.38. The standard InChI is InChI=1S/C10H9N.ClHO4/c11-10-7-3-5-8-4-1-2-6-9(8)10;2-1(3,4)5/h1-7H,11H2;(H,2,3,4,5). The normalized spacial score (nSPS) is 10.8. The quantitative estimate of drug-likeness (QED) is 0.535. The maximum atomic E-state index is 8.60. The molecule has 6 heteroatoms. The molecule has 0 bridgehead atoms. The molecule has 0 saturated heterocycles. The van der Waals surface area contributed by atoms with Gasteiger partial charge >= 0.3 is 0 Å². The summed E-state index contributed by atoms with van der Waals surface area (Å²) in [5.74, 6) is 0. The number of nitrogen functional groups attached to an aromatic ring is 1. The molecule has 0 heterocycles.